The maximum absolute atomic E-state index is 13.5. The molecule has 0 saturated carbocycles. The Hall–Kier alpha value is -2.40. The van der Waals surface area contributed by atoms with E-state index < -0.39 is 11.2 Å². The zero-order valence-electron chi connectivity index (χ0n) is 19.3. The summed E-state index contributed by atoms with van der Waals surface area (Å²) in [4.78, 5) is 12.9. The number of aryl methyl sites for hydroxylation is 1. The molecule has 4 heterocycles. The minimum atomic E-state index is -4.52. The molecule has 1 atom stereocenters. The first-order chi connectivity index (χ1) is 16.3. The Morgan fingerprint density at radius 3 is 2.58 bits per heavy atom. The van der Waals surface area contributed by atoms with Crippen LogP contribution in [0.2, 0.25) is 0 Å². The Balaban J connectivity index is 0.00000180. The van der Waals surface area contributed by atoms with Gasteiger partial charge in [-0.1, -0.05) is 23.5 Å². The van der Waals surface area contributed by atoms with E-state index in [0.717, 1.165) is 30.2 Å². The van der Waals surface area contributed by atoms with Crippen molar-refractivity contribution in [2.45, 2.75) is 25.1 Å². The van der Waals surface area contributed by atoms with Gasteiger partial charge in [0.05, 0.1) is 11.0 Å². The zero-order valence-corrected chi connectivity index (χ0v) is 21.7. The van der Waals surface area contributed by atoms with Crippen LogP contribution in [-0.4, -0.2) is 52.5 Å². The van der Waals surface area contributed by atoms with Gasteiger partial charge in [-0.15, -0.1) is 24.8 Å². The second kappa shape index (κ2) is 11.3. The predicted octanol–water partition coefficient (Wildman–Crippen LogP) is 4.11. The molecule has 5 nitrogen and oxygen atoms in total. The Morgan fingerprint density at radius 2 is 1.86 bits per heavy atom. The summed E-state index contributed by atoms with van der Waals surface area (Å²) in [6, 6.07) is 10.4. The summed E-state index contributed by atoms with van der Waals surface area (Å²) in [6.07, 6.45) is 0.438. The fourth-order valence-electron chi connectivity index (χ4n) is 4.43. The van der Waals surface area contributed by atoms with E-state index in [4.69, 9.17) is 0 Å². The summed E-state index contributed by atoms with van der Waals surface area (Å²) < 4.78 is 53.7. The van der Waals surface area contributed by atoms with Crippen molar-refractivity contribution >= 4 is 53.0 Å². The fourth-order valence-corrected chi connectivity index (χ4v) is 5.23. The highest BCUT2D eigenvalue weighted by Crippen LogP contribution is 2.40. The average molecular weight is 562 g/mol. The molecule has 1 aromatic carbocycles. The van der Waals surface area contributed by atoms with Crippen molar-refractivity contribution in [3.05, 3.63) is 75.2 Å². The Bertz CT molecular complexity index is 1310. The number of hydrogen-bond donors (Lipinski definition) is 1. The van der Waals surface area contributed by atoms with Gasteiger partial charge in [-0.2, -0.15) is 13.2 Å². The van der Waals surface area contributed by atoms with E-state index in [0.29, 0.717) is 40.5 Å². The van der Waals surface area contributed by atoms with Gasteiger partial charge in [-0.3, -0.25) is 9.88 Å². The highest BCUT2D eigenvalue weighted by Gasteiger charge is 2.38. The highest BCUT2D eigenvalue weighted by molar-refractivity contribution is 7.16. The van der Waals surface area contributed by atoms with E-state index in [-0.39, 0.29) is 42.4 Å². The van der Waals surface area contributed by atoms with Gasteiger partial charge in [0.25, 0.3) is 0 Å². The quantitative estimate of drug-likeness (QED) is 0.486. The number of aromatic nitrogens is 2. The van der Waals surface area contributed by atoms with Gasteiger partial charge in [0.15, 0.2) is 0 Å². The van der Waals surface area contributed by atoms with Gasteiger partial charge in [-0.05, 0) is 49.7 Å². The maximum atomic E-state index is 13.5. The fraction of sp³-hybridized carbons (Fsp3) is 0.333. The van der Waals surface area contributed by atoms with Crippen molar-refractivity contribution in [1.29, 1.82) is 0 Å². The van der Waals surface area contributed by atoms with Crippen LogP contribution < -0.4 is 15.9 Å². The molecule has 0 radical (unpaired) electrons. The number of halogens is 6. The number of nitrogens with zero attached hydrogens (tertiary/aromatic N) is 4. The van der Waals surface area contributed by atoms with Crippen LogP contribution in [-0.2, 0) is 12.6 Å². The van der Waals surface area contributed by atoms with Gasteiger partial charge in [0.2, 0.25) is 5.01 Å². The number of piperazine rings is 1. The summed E-state index contributed by atoms with van der Waals surface area (Å²) in [5.74, 6) is -0.261. The number of hydrogen-bond acceptors (Lipinski definition) is 6. The topological polar surface area (TPSA) is 44.3 Å². The van der Waals surface area contributed by atoms with E-state index in [2.05, 4.69) is 32.1 Å². The molecule has 0 bridgehead atoms. The van der Waals surface area contributed by atoms with Crippen molar-refractivity contribution in [2.24, 2.45) is 0 Å². The lowest BCUT2D eigenvalue weighted by Gasteiger charge is -2.41. The third-order valence-corrected chi connectivity index (χ3v) is 7.32. The largest absolute Gasteiger partial charge is 0.443 e. The molecule has 0 amide bonds. The molecule has 0 spiro atoms. The maximum Gasteiger partial charge on any atom is 0.443 e. The second-order valence-corrected chi connectivity index (χ2v) is 9.52. The molecule has 1 unspecified atom stereocenters. The van der Waals surface area contributed by atoms with E-state index in [9.17, 15) is 17.6 Å². The van der Waals surface area contributed by atoms with Crippen LogP contribution in [0.3, 0.4) is 0 Å². The number of anilines is 1. The Morgan fingerprint density at radius 1 is 1.11 bits per heavy atom. The van der Waals surface area contributed by atoms with Crippen molar-refractivity contribution in [1.82, 2.24) is 19.8 Å². The number of nitrogens with one attached hydrogen (secondary N) is 1. The Labute approximate surface area is 222 Å². The number of fused-ring (bicyclic) bond motifs is 2. The van der Waals surface area contributed by atoms with Crippen LogP contribution in [0.4, 0.5) is 22.6 Å². The van der Waals surface area contributed by atoms with E-state index in [1.807, 2.05) is 6.07 Å². The van der Waals surface area contributed by atoms with Gasteiger partial charge < -0.3 is 10.2 Å². The molecule has 12 heteroatoms. The van der Waals surface area contributed by atoms with Gasteiger partial charge >= 0.3 is 6.18 Å². The van der Waals surface area contributed by atoms with Crippen LogP contribution in [0.1, 0.15) is 22.7 Å². The van der Waals surface area contributed by atoms with Crippen LogP contribution in [0, 0.1) is 5.82 Å². The summed E-state index contributed by atoms with van der Waals surface area (Å²) in [5.41, 5.74) is 1.96. The van der Waals surface area contributed by atoms with E-state index >= 15 is 0 Å². The normalized spacial score (nSPS) is 17.5. The molecular formula is C24H25Cl2F4N5S. The van der Waals surface area contributed by atoms with Crippen molar-refractivity contribution < 1.29 is 17.6 Å². The Kier molecular flexibility index (Phi) is 8.87. The average Bonchev–Trinajstić information content (AvgIpc) is 3.18. The number of alkyl halides is 3. The van der Waals surface area contributed by atoms with Crippen LogP contribution >= 0.6 is 36.2 Å². The molecule has 1 fully saturated rings. The summed E-state index contributed by atoms with van der Waals surface area (Å²) in [5, 5.41) is 3.93. The van der Waals surface area contributed by atoms with Crippen LogP contribution in [0.25, 0.3) is 11.9 Å². The summed E-state index contributed by atoms with van der Waals surface area (Å²) in [6.45, 7) is 2.02. The number of thiazole rings is 1. The lowest BCUT2D eigenvalue weighted by atomic mass is 10.0. The first-order valence-corrected chi connectivity index (χ1v) is 11.8. The molecule has 2 aliphatic rings. The molecule has 2 aliphatic heterocycles. The minimum absolute atomic E-state index is 0. The molecule has 194 valence electrons. The molecule has 2 aromatic heterocycles. The number of rotatable bonds is 4. The van der Waals surface area contributed by atoms with E-state index in [1.54, 1.807) is 30.6 Å². The van der Waals surface area contributed by atoms with E-state index in [1.165, 1.54) is 12.1 Å². The SMILES string of the molecule is CN1CCN(C2=c3ncccc3=CNc3sc(C(F)(F)F)nc32)CC1CCc1ccc(F)cc1.Cl.Cl. The molecular weight excluding hydrogens is 537 g/mol. The molecule has 36 heavy (non-hydrogen) atoms. The summed E-state index contributed by atoms with van der Waals surface area (Å²) >= 11 is 0.609. The molecule has 3 aromatic rings. The lowest BCUT2D eigenvalue weighted by molar-refractivity contribution is -0.137. The number of pyridine rings is 1. The highest BCUT2D eigenvalue weighted by atomic mass is 35.5. The van der Waals surface area contributed by atoms with Crippen LogP contribution in [0.5, 0.6) is 0 Å². The zero-order chi connectivity index (χ0) is 23.9. The minimum Gasteiger partial charge on any atom is -0.365 e. The van der Waals surface area contributed by atoms with Crippen LogP contribution in [0.15, 0.2) is 42.6 Å². The first kappa shape index (κ1) is 28.2. The third-order valence-electron chi connectivity index (χ3n) is 6.29. The first-order valence-electron chi connectivity index (χ1n) is 11.0. The molecule has 1 N–H and O–H groups in total. The van der Waals surface area contributed by atoms with Gasteiger partial charge in [0.1, 0.15) is 16.5 Å². The number of benzene rings is 1. The monoisotopic (exact) mass is 561 g/mol. The summed E-state index contributed by atoms with van der Waals surface area (Å²) in [7, 11) is 2.06. The smallest absolute Gasteiger partial charge is 0.365 e. The standard InChI is InChI=1S/C24H23F4N5S.2ClH/c1-32-11-12-33(14-18(32)9-6-15-4-7-17(25)8-5-15)21-19-16(3-2-10-29-19)13-30-22-20(21)31-23(34-22)24(26,27)28;;/h2-5,7-8,10,13,18,30H,6,9,11-12,14H2,1H3;2*1H. The lowest BCUT2D eigenvalue weighted by Crippen LogP contribution is -2.52. The predicted molar refractivity (Wildman–Crippen MR) is 138 cm³/mol. The van der Waals surface area contributed by atoms with Gasteiger partial charge in [0, 0.05) is 43.3 Å². The number of likely N-dealkylation sites (N-methyl/N-ethyl adjacent to an activating group) is 1. The van der Waals surface area contributed by atoms with Crippen molar-refractivity contribution in [3.8, 4) is 0 Å². The van der Waals surface area contributed by atoms with Crippen molar-refractivity contribution in [2.75, 3.05) is 32.0 Å². The van der Waals surface area contributed by atoms with Crippen molar-refractivity contribution in [3.63, 3.8) is 0 Å². The molecule has 5 rings (SSSR count). The van der Waals surface area contributed by atoms with Gasteiger partial charge in [-0.25, -0.2) is 9.37 Å². The molecule has 0 aliphatic carbocycles. The second-order valence-electron chi connectivity index (χ2n) is 8.52. The third kappa shape index (κ3) is 5.77. The molecule has 1 saturated heterocycles.